The van der Waals surface area contributed by atoms with E-state index in [9.17, 15) is 9.59 Å². The normalized spacial score (nSPS) is 17.9. The highest BCUT2D eigenvalue weighted by Gasteiger charge is 2.18. The van der Waals surface area contributed by atoms with E-state index in [0.29, 0.717) is 19.8 Å². The maximum atomic E-state index is 11.7. The fourth-order valence-electron chi connectivity index (χ4n) is 2.14. The number of rotatable bonds is 3. The highest BCUT2D eigenvalue weighted by atomic mass is 16.5. The summed E-state index contributed by atoms with van der Waals surface area (Å²) in [6, 6.07) is 1.92. The van der Waals surface area contributed by atoms with Gasteiger partial charge in [0.1, 0.15) is 11.6 Å². The lowest BCUT2D eigenvalue weighted by Crippen LogP contribution is -2.45. The standard InChI is InChI=1S/C12H16N4O3/c1-9(15-2-4-19-5-3-15)7-16-8-10(6-13)11(17)14-12(16)18/h8-9H,2-5,7H2,1H3,(H,14,17,18). The lowest BCUT2D eigenvalue weighted by Gasteiger charge is -2.32. The number of hydrogen-bond donors (Lipinski definition) is 1. The first kappa shape index (κ1) is 13.5. The van der Waals surface area contributed by atoms with Crippen molar-refractivity contribution in [3.8, 4) is 6.07 Å². The Labute approximate surface area is 110 Å². The van der Waals surface area contributed by atoms with Crippen molar-refractivity contribution in [1.29, 1.82) is 5.26 Å². The molecule has 102 valence electrons. The lowest BCUT2D eigenvalue weighted by molar-refractivity contribution is 0.0167. The number of aromatic nitrogens is 2. The molecule has 19 heavy (non-hydrogen) atoms. The third-order valence-corrected chi connectivity index (χ3v) is 3.26. The number of hydrogen-bond acceptors (Lipinski definition) is 5. The zero-order valence-corrected chi connectivity index (χ0v) is 10.8. The van der Waals surface area contributed by atoms with E-state index in [0.717, 1.165) is 13.1 Å². The van der Waals surface area contributed by atoms with Crippen LogP contribution in [0.5, 0.6) is 0 Å². The Bertz CT molecular complexity index is 592. The van der Waals surface area contributed by atoms with Gasteiger partial charge in [-0.3, -0.25) is 19.2 Å². The molecule has 1 aliphatic rings. The first-order chi connectivity index (χ1) is 9.11. The van der Waals surface area contributed by atoms with Crippen LogP contribution in [-0.2, 0) is 11.3 Å². The summed E-state index contributed by atoms with van der Waals surface area (Å²) in [6.45, 7) is 5.47. The molecule has 0 aliphatic carbocycles. The minimum Gasteiger partial charge on any atom is -0.379 e. The lowest BCUT2D eigenvalue weighted by atomic mass is 10.2. The summed E-state index contributed by atoms with van der Waals surface area (Å²) in [7, 11) is 0. The molecule has 2 rings (SSSR count). The summed E-state index contributed by atoms with van der Waals surface area (Å²) < 4.78 is 6.65. The third kappa shape index (κ3) is 3.10. The second kappa shape index (κ2) is 5.82. The SMILES string of the molecule is CC(Cn1cc(C#N)c(=O)[nH]c1=O)N1CCOCC1. The molecule has 1 saturated heterocycles. The van der Waals surface area contributed by atoms with Gasteiger partial charge in [0.2, 0.25) is 0 Å². The van der Waals surface area contributed by atoms with E-state index in [2.05, 4.69) is 9.88 Å². The highest BCUT2D eigenvalue weighted by molar-refractivity contribution is 5.21. The van der Waals surface area contributed by atoms with Gasteiger partial charge in [-0.05, 0) is 6.92 Å². The summed E-state index contributed by atoms with van der Waals surface area (Å²) in [4.78, 5) is 27.3. The van der Waals surface area contributed by atoms with Crippen molar-refractivity contribution in [1.82, 2.24) is 14.5 Å². The minimum atomic E-state index is -0.636. The van der Waals surface area contributed by atoms with Crippen LogP contribution < -0.4 is 11.2 Å². The molecule has 1 atom stereocenters. The van der Waals surface area contributed by atoms with E-state index in [4.69, 9.17) is 10.00 Å². The molecule has 1 fully saturated rings. The smallest absolute Gasteiger partial charge is 0.328 e. The molecule has 0 spiro atoms. The average molecular weight is 264 g/mol. The van der Waals surface area contributed by atoms with E-state index in [1.807, 2.05) is 6.92 Å². The molecule has 0 radical (unpaired) electrons. The van der Waals surface area contributed by atoms with Crippen LogP contribution in [0.3, 0.4) is 0 Å². The quantitative estimate of drug-likeness (QED) is 0.766. The molecule has 0 saturated carbocycles. The molecule has 1 aromatic heterocycles. The summed E-state index contributed by atoms with van der Waals surface area (Å²) in [5, 5.41) is 8.80. The Morgan fingerprint density at radius 2 is 2.16 bits per heavy atom. The first-order valence-electron chi connectivity index (χ1n) is 6.17. The van der Waals surface area contributed by atoms with Crippen molar-refractivity contribution in [2.24, 2.45) is 0 Å². The van der Waals surface area contributed by atoms with Crippen LogP contribution in [-0.4, -0.2) is 46.8 Å². The molecule has 0 amide bonds. The topological polar surface area (TPSA) is 91.1 Å². The number of H-pyrrole nitrogens is 1. The van der Waals surface area contributed by atoms with Gasteiger partial charge in [0.05, 0.1) is 13.2 Å². The zero-order chi connectivity index (χ0) is 13.8. The highest BCUT2D eigenvalue weighted by Crippen LogP contribution is 2.05. The Morgan fingerprint density at radius 3 is 2.79 bits per heavy atom. The molecule has 1 aliphatic heterocycles. The van der Waals surface area contributed by atoms with Crippen molar-refractivity contribution in [3.63, 3.8) is 0 Å². The summed E-state index contributed by atoms with van der Waals surface area (Å²) >= 11 is 0. The molecule has 1 N–H and O–H groups in total. The molecule has 2 heterocycles. The van der Waals surface area contributed by atoms with Gasteiger partial charge in [-0.2, -0.15) is 5.26 Å². The molecule has 7 nitrogen and oxygen atoms in total. The van der Waals surface area contributed by atoms with Crippen molar-refractivity contribution in [3.05, 3.63) is 32.6 Å². The monoisotopic (exact) mass is 264 g/mol. The van der Waals surface area contributed by atoms with Crippen LogP contribution >= 0.6 is 0 Å². The Balaban J connectivity index is 2.16. The summed E-state index contributed by atoms with van der Waals surface area (Å²) in [5.41, 5.74) is -1.17. The second-order valence-electron chi connectivity index (χ2n) is 4.56. The van der Waals surface area contributed by atoms with E-state index >= 15 is 0 Å². The maximum absolute atomic E-state index is 11.7. The van der Waals surface area contributed by atoms with E-state index in [1.165, 1.54) is 10.8 Å². The van der Waals surface area contributed by atoms with E-state index < -0.39 is 11.2 Å². The molecule has 7 heteroatoms. The predicted molar refractivity (Wildman–Crippen MR) is 67.9 cm³/mol. The van der Waals surface area contributed by atoms with Crippen molar-refractivity contribution >= 4 is 0 Å². The number of nitrogens with zero attached hydrogens (tertiary/aromatic N) is 3. The van der Waals surface area contributed by atoms with Gasteiger partial charge in [-0.15, -0.1) is 0 Å². The number of nitriles is 1. The molecule has 1 unspecified atom stereocenters. The number of aromatic amines is 1. The Kier molecular flexibility index (Phi) is 4.14. The van der Waals surface area contributed by atoms with Gasteiger partial charge in [0.25, 0.3) is 5.56 Å². The summed E-state index contributed by atoms with van der Waals surface area (Å²) in [6.07, 6.45) is 1.32. The largest absolute Gasteiger partial charge is 0.379 e. The molecule has 1 aromatic rings. The van der Waals surface area contributed by atoms with Gasteiger partial charge in [0.15, 0.2) is 0 Å². The average Bonchev–Trinajstić information content (AvgIpc) is 2.42. The van der Waals surface area contributed by atoms with Crippen LogP contribution in [0.25, 0.3) is 0 Å². The van der Waals surface area contributed by atoms with Crippen molar-refractivity contribution in [2.75, 3.05) is 26.3 Å². The van der Waals surface area contributed by atoms with E-state index in [1.54, 1.807) is 6.07 Å². The van der Waals surface area contributed by atoms with Gasteiger partial charge in [0, 0.05) is 31.9 Å². The molecular weight excluding hydrogens is 248 g/mol. The maximum Gasteiger partial charge on any atom is 0.328 e. The minimum absolute atomic E-state index is 0.0474. The number of ether oxygens (including phenoxy) is 1. The fourth-order valence-corrected chi connectivity index (χ4v) is 2.14. The van der Waals surface area contributed by atoms with Gasteiger partial charge >= 0.3 is 5.69 Å². The first-order valence-corrected chi connectivity index (χ1v) is 6.17. The third-order valence-electron chi connectivity index (χ3n) is 3.26. The van der Waals surface area contributed by atoms with Crippen molar-refractivity contribution < 1.29 is 4.74 Å². The molecular formula is C12H16N4O3. The van der Waals surface area contributed by atoms with Gasteiger partial charge in [-0.1, -0.05) is 0 Å². The van der Waals surface area contributed by atoms with Crippen LogP contribution in [0.4, 0.5) is 0 Å². The molecule has 0 bridgehead atoms. The van der Waals surface area contributed by atoms with Crippen molar-refractivity contribution in [2.45, 2.75) is 19.5 Å². The van der Waals surface area contributed by atoms with Gasteiger partial charge in [-0.25, -0.2) is 4.79 Å². The van der Waals surface area contributed by atoms with Crippen LogP contribution in [0.2, 0.25) is 0 Å². The van der Waals surface area contributed by atoms with Gasteiger partial charge < -0.3 is 4.74 Å². The van der Waals surface area contributed by atoms with Crippen LogP contribution in [0.15, 0.2) is 15.8 Å². The number of nitrogens with one attached hydrogen (secondary N) is 1. The second-order valence-corrected chi connectivity index (χ2v) is 4.56. The predicted octanol–water partition coefficient (Wildman–Crippen LogP) is -0.871. The fraction of sp³-hybridized carbons (Fsp3) is 0.583. The number of morpholine rings is 1. The Morgan fingerprint density at radius 1 is 1.47 bits per heavy atom. The van der Waals surface area contributed by atoms with E-state index in [-0.39, 0.29) is 11.6 Å². The molecule has 0 aromatic carbocycles. The van der Waals surface area contributed by atoms with Crippen LogP contribution in [0.1, 0.15) is 12.5 Å². The van der Waals surface area contributed by atoms with Crippen LogP contribution in [0, 0.1) is 11.3 Å². The Hall–Kier alpha value is -1.91. The summed E-state index contributed by atoms with van der Waals surface area (Å²) in [5.74, 6) is 0. The zero-order valence-electron chi connectivity index (χ0n) is 10.8.